The van der Waals surface area contributed by atoms with Gasteiger partial charge in [-0.1, -0.05) is 36.4 Å². The van der Waals surface area contributed by atoms with Crippen LogP contribution in [-0.2, 0) is 26.0 Å². The smallest absolute Gasteiger partial charge is 0.263 e. The van der Waals surface area contributed by atoms with Crippen molar-refractivity contribution in [2.75, 3.05) is 19.2 Å². The highest BCUT2D eigenvalue weighted by Crippen LogP contribution is 2.56. The molecule has 2 aliphatic heterocycles. The lowest BCUT2D eigenvalue weighted by Crippen LogP contribution is -2.53. The molecule has 194 valence electrons. The van der Waals surface area contributed by atoms with E-state index in [1.165, 1.54) is 36.4 Å². The Labute approximate surface area is 206 Å². The van der Waals surface area contributed by atoms with Gasteiger partial charge < -0.3 is 9.64 Å². The van der Waals surface area contributed by atoms with Crippen LogP contribution in [0.15, 0.2) is 42.5 Å². The average molecular weight is 527 g/mol. The van der Waals surface area contributed by atoms with Gasteiger partial charge in [0.15, 0.2) is 0 Å². The number of sulfonamides is 1. The van der Waals surface area contributed by atoms with Crippen molar-refractivity contribution in [3.05, 3.63) is 59.4 Å². The molecule has 2 aromatic rings. The summed E-state index contributed by atoms with van der Waals surface area (Å²) in [7, 11) is -4.24. The lowest BCUT2D eigenvalue weighted by Gasteiger charge is -2.34. The molecule has 6 nitrogen and oxygen atoms in total. The van der Waals surface area contributed by atoms with Crippen molar-refractivity contribution in [3.63, 3.8) is 0 Å². The van der Waals surface area contributed by atoms with E-state index in [1.54, 1.807) is 11.0 Å². The van der Waals surface area contributed by atoms with Crippen molar-refractivity contribution in [1.82, 2.24) is 9.62 Å². The summed E-state index contributed by atoms with van der Waals surface area (Å²) in [6.07, 6.45) is -1.52. The van der Waals surface area contributed by atoms with Gasteiger partial charge in [0, 0.05) is 35.5 Å². The van der Waals surface area contributed by atoms with Crippen molar-refractivity contribution in [1.29, 1.82) is 0 Å². The molecule has 1 unspecified atom stereocenters. The lowest BCUT2D eigenvalue weighted by atomic mass is 9.91. The summed E-state index contributed by atoms with van der Waals surface area (Å²) in [6, 6.07) is 6.90. The first kappa shape index (κ1) is 25.2. The SMILES string of the molecule is O=C(C1CCO1)N1CC2(CC2)[C@H](NS(=O)(=O)CF)[C@@H]1Cc1cccc(-c2cccc(C(F)F)c2)c1F. The molecule has 1 aliphatic carbocycles. The van der Waals surface area contributed by atoms with Crippen LogP contribution >= 0.6 is 0 Å². The Balaban J connectivity index is 1.50. The lowest BCUT2D eigenvalue weighted by molar-refractivity contribution is -0.157. The van der Waals surface area contributed by atoms with E-state index in [1.807, 2.05) is 0 Å². The summed E-state index contributed by atoms with van der Waals surface area (Å²) in [5.74, 6) is -0.930. The number of rotatable bonds is 8. The van der Waals surface area contributed by atoms with Gasteiger partial charge in [-0.05, 0) is 36.5 Å². The molecule has 1 amide bonds. The number of likely N-dealkylation sites (tertiary alicyclic amines) is 1. The van der Waals surface area contributed by atoms with E-state index in [2.05, 4.69) is 4.72 Å². The predicted octanol–water partition coefficient (Wildman–Crippen LogP) is 3.97. The van der Waals surface area contributed by atoms with Crippen LogP contribution in [0.25, 0.3) is 11.1 Å². The predicted molar refractivity (Wildman–Crippen MR) is 124 cm³/mol. The number of halogens is 4. The Hall–Kier alpha value is -2.50. The third kappa shape index (κ3) is 4.64. The van der Waals surface area contributed by atoms with E-state index < -0.39 is 51.9 Å². The molecule has 5 rings (SSSR count). The first-order chi connectivity index (χ1) is 17.1. The number of hydrogen-bond acceptors (Lipinski definition) is 4. The van der Waals surface area contributed by atoms with Crippen LogP contribution in [0.1, 0.15) is 36.8 Å². The zero-order valence-electron chi connectivity index (χ0n) is 19.3. The van der Waals surface area contributed by atoms with Gasteiger partial charge in [0.05, 0.1) is 12.6 Å². The number of hydrogen-bond donors (Lipinski definition) is 1. The molecular weight excluding hydrogens is 500 g/mol. The summed E-state index contributed by atoms with van der Waals surface area (Å²) in [5.41, 5.74) is -0.166. The summed E-state index contributed by atoms with van der Waals surface area (Å²) in [6.45, 7) is 0.722. The Kier molecular flexibility index (Phi) is 6.59. The van der Waals surface area contributed by atoms with Crippen molar-refractivity contribution >= 4 is 15.9 Å². The molecule has 2 aromatic carbocycles. The molecule has 1 spiro atoms. The molecule has 3 atom stereocenters. The fraction of sp³-hybridized carbons (Fsp3) is 0.480. The van der Waals surface area contributed by atoms with Gasteiger partial charge in [-0.2, -0.15) is 0 Å². The second-order valence-corrected chi connectivity index (χ2v) is 11.5. The third-order valence-electron chi connectivity index (χ3n) is 7.49. The molecule has 1 N–H and O–H groups in total. The Morgan fingerprint density at radius 3 is 2.53 bits per heavy atom. The van der Waals surface area contributed by atoms with Gasteiger partial charge in [0.1, 0.15) is 11.9 Å². The average Bonchev–Trinajstić information content (AvgIpc) is 3.54. The number of ether oxygens (including phenoxy) is 1. The maximum absolute atomic E-state index is 15.7. The molecule has 36 heavy (non-hydrogen) atoms. The number of amides is 1. The minimum atomic E-state index is -4.24. The van der Waals surface area contributed by atoms with E-state index in [9.17, 15) is 26.4 Å². The highest BCUT2D eigenvalue weighted by Gasteiger charge is 2.62. The summed E-state index contributed by atoms with van der Waals surface area (Å²) in [4.78, 5) is 14.7. The monoisotopic (exact) mass is 526 g/mol. The number of nitrogens with one attached hydrogen (secondary N) is 1. The topological polar surface area (TPSA) is 75.7 Å². The Morgan fingerprint density at radius 1 is 1.19 bits per heavy atom. The normalized spacial score (nSPS) is 24.8. The molecule has 3 fully saturated rings. The molecule has 0 bridgehead atoms. The Morgan fingerprint density at radius 2 is 1.92 bits per heavy atom. The van der Waals surface area contributed by atoms with Crippen LogP contribution in [0.5, 0.6) is 0 Å². The Bertz CT molecular complexity index is 1260. The van der Waals surface area contributed by atoms with Crippen LogP contribution in [0.3, 0.4) is 0 Å². The van der Waals surface area contributed by atoms with Crippen LogP contribution < -0.4 is 4.72 Å². The quantitative estimate of drug-likeness (QED) is 0.529. The van der Waals surface area contributed by atoms with E-state index in [0.29, 0.717) is 25.9 Å². The standard InChI is InChI=1S/C25H26F4N2O4S/c26-14-36(33,34)30-22-19(31(13-25(22)8-9-25)24(32)20-7-10-35-20)12-16-4-2-6-18(21(16)27)15-3-1-5-17(11-15)23(28)29/h1-6,11,19-20,22-23,30H,7-10,12-14H2/t19-,20?,22+/m0/s1. The third-order valence-corrected chi connectivity index (χ3v) is 8.39. The van der Waals surface area contributed by atoms with Gasteiger partial charge in [-0.25, -0.2) is 30.7 Å². The molecule has 0 radical (unpaired) electrons. The second-order valence-electron chi connectivity index (χ2n) is 9.77. The molecule has 2 saturated heterocycles. The van der Waals surface area contributed by atoms with Gasteiger partial charge >= 0.3 is 0 Å². The van der Waals surface area contributed by atoms with Crippen molar-refractivity contribution in [2.45, 2.75) is 50.3 Å². The highest BCUT2D eigenvalue weighted by atomic mass is 32.2. The van der Waals surface area contributed by atoms with Crippen molar-refractivity contribution in [3.8, 4) is 11.1 Å². The number of benzene rings is 2. The van der Waals surface area contributed by atoms with Crippen LogP contribution in [0.2, 0.25) is 0 Å². The van der Waals surface area contributed by atoms with Gasteiger partial charge in [-0.15, -0.1) is 0 Å². The molecular formula is C25H26F4N2O4S. The zero-order chi connectivity index (χ0) is 25.7. The maximum atomic E-state index is 15.7. The van der Waals surface area contributed by atoms with E-state index in [0.717, 1.165) is 0 Å². The fourth-order valence-corrected chi connectivity index (χ4v) is 6.17. The largest absolute Gasteiger partial charge is 0.368 e. The minimum Gasteiger partial charge on any atom is -0.368 e. The number of carbonyl (C=O) groups excluding carboxylic acids is 1. The first-order valence-electron chi connectivity index (χ1n) is 11.8. The van der Waals surface area contributed by atoms with E-state index in [-0.39, 0.29) is 41.1 Å². The van der Waals surface area contributed by atoms with Crippen molar-refractivity contribution < 1.29 is 35.5 Å². The first-order valence-corrected chi connectivity index (χ1v) is 13.4. The van der Waals surface area contributed by atoms with Crippen molar-refractivity contribution in [2.24, 2.45) is 5.41 Å². The summed E-state index contributed by atoms with van der Waals surface area (Å²) < 4.78 is 87.5. The maximum Gasteiger partial charge on any atom is 0.263 e. The highest BCUT2D eigenvalue weighted by molar-refractivity contribution is 7.89. The molecule has 3 aliphatic rings. The van der Waals surface area contributed by atoms with E-state index >= 15 is 4.39 Å². The number of nitrogens with zero attached hydrogens (tertiary/aromatic N) is 1. The number of carbonyl (C=O) groups is 1. The summed E-state index contributed by atoms with van der Waals surface area (Å²) >= 11 is 0. The van der Waals surface area contributed by atoms with Gasteiger partial charge in [0.25, 0.3) is 12.3 Å². The second kappa shape index (κ2) is 9.42. The zero-order valence-corrected chi connectivity index (χ0v) is 20.1. The van der Waals surface area contributed by atoms with E-state index in [4.69, 9.17) is 4.74 Å². The minimum absolute atomic E-state index is 0.0338. The molecule has 2 heterocycles. The van der Waals surface area contributed by atoms with Crippen LogP contribution in [-0.4, -0.2) is 56.6 Å². The molecule has 0 aromatic heterocycles. The fourth-order valence-electron chi connectivity index (χ4n) is 5.31. The van der Waals surface area contributed by atoms with Gasteiger partial charge in [0.2, 0.25) is 16.0 Å². The molecule has 11 heteroatoms. The molecule has 1 saturated carbocycles. The van der Waals surface area contributed by atoms with Crippen LogP contribution in [0, 0.1) is 11.2 Å². The number of alkyl halides is 3. The summed E-state index contributed by atoms with van der Waals surface area (Å²) in [5, 5.41) is 0. The van der Waals surface area contributed by atoms with Crippen LogP contribution in [0.4, 0.5) is 17.6 Å². The van der Waals surface area contributed by atoms with Gasteiger partial charge in [-0.3, -0.25) is 4.79 Å².